The Labute approximate surface area is 123 Å². The highest BCUT2D eigenvalue weighted by Crippen LogP contribution is 2.30. The van der Waals surface area contributed by atoms with Crippen LogP contribution in [-0.4, -0.2) is 22.7 Å². The van der Waals surface area contributed by atoms with Gasteiger partial charge in [0.15, 0.2) is 0 Å². The third kappa shape index (κ3) is 4.08. The van der Waals surface area contributed by atoms with Crippen molar-refractivity contribution in [3.63, 3.8) is 0 Å². The first kappa shape index (κ1) is 14.6. The maximum Gasteiger partial charge on any atom is 0.237 e. The summed E-state index contributed by atoms with van der Waals surface area (Å²) in [6.07, 6.45) is 3.24. The standard InChI is InChI=1S/C14H20N2OS2/c1-2-7-18-10-5-6-11(15)12(9-10)16-14(17)13-4-3-8-19-13/h5-6,9,13H,2-4,7-8,15H2,1H3,(H,16,17). The third-order valence-electron chi connectivity index (χ3n) is 2.98. The average Bonchev–Trinajstić information content (AvgIpc) is 2.93. The fraction of sp³-hybridized carbons (Fsp3) is 0.500. The lowest BCUT2D eigenvalue weighted by molar-refractivity contribution is -0.115. The van der Waals surface area contributed by atoms with Crippen molar-refractivity contribution in [2.45, 2.75) is 36.3 Å². The number of hydrogen-bond donors (Lipinski definition) is 2. The number of hydrogen-bond acceptors (Lipinski definition) is 4. The molecule has 0 aromatic heterocycles. The number of benzene rings is 1. The first-order chi connectivity index (χ1) is 9.20. The van der Waals surface area contributed by atoms with Crippen LogP contribution in [-0.2, 0) is 4.79 Å². The molecule has 1 aromatic rings. The lowest BCUT2D eigenvalue weighted by Crippen LogP contribution is -2.23. The van der Waals surface area contributed by atoms with Gasteiger partial charge < -0.3 is 11.1 Å². The van der Waals surface area contributed by atoms with Crippen LogP contribution in [0.15, 0.2) is 23.1 Å². The number of anilines is 2. The highest BCUT2D eigenvalue weighted by atomic mass is 32.2. The first-order valence-corrected chi connectivity index (χ1v) is 8.69. The molecular formula is C14H20N2OS2. The van der Waals surface area contributed by atoms with Crippen molar-refractivity contribution < 1.29 is 4.79 Å². The van der Waals surface area contributed by atoms with Gasteiger partial charge in [-0.3, -0.25) is 4.79 Å². The normalized spacial score (nSPS) is 18.5. The summed E-state index contributed by atoms with van der Waals surface area (Å²) in [5.41, 5.74) is 7.32. The van der Waals surface area contributed by atoms with Gasteiger partial charge in [0.1, 0.15) is 0 Å². The van der Waals surface area contributed by atoms with Crippen LogP contribution in [0.3, 0.4) is 0 Å². The molecule has 0 radical (unpaired) electrons. The van der Waals surface area contributed by atoms with Crippen molar-refractivity contribution in [1.82, 2.24) is 0 Å². The van der Waals surface area contributed by atoms with Crippen molar-refractivity contribution in [3.8, 4) is 0 Å². The van der Waals surface area contributed by atoms with Crippen LogP contribution in [0, 0.1) is 0 Å². The molecule has 1 aliphatic rings. The van der Waals surface area contributed by atoms with Crippen LogP contribution < -0.4 is 11.1 Å². The van der Waals surface area contributed by atoms with Gasteiger partial charge in [0.2, 0.25) is 5.91 Å². The molecule has 2 rings (SSSR count). The summed E-state index contributed by atoms with van der Waals surface area (Å²) in [4.78, 5) is 13.3. The number of rotatable bonds is 5. The molecule has 1 unspecified atom stereocenters. The summed E-state index contributed by atoms with van der Waals surface area (Å²) in [7, 11) is 0. The van der Waals surface area contributed by atoms with Crippen LogP contribution in [0.2, 0.25) is 0 Å². The minimum atomic E-state index is 0.0892. The quantitative estimate of drug-likeness (QED) is 0.644. The van der Waals surface area contributed by atoms with E-state index in [1.54, 1.807) is 23.5 Å². The van der Waals surface area contributed by atoms with Crippen molar-refractivity contribution in [2.75, 3.05) is 22.6 Å². The Kier molecular flexibility index (Phi) is 5.45. The van der Waals surface area contributed by atoms with Gasteiger partial charge in [0, 0.05) is 4.90 Å². The summed E-state index contributed by atoms with van der Waals surface area (Å²) in [5, 5.41) is 3.06. The smallest absolute Gasteiger partial charge is 0.237 e. The lowest BCUT2D eigenvalue weighted by atomic mass is 10.2. The summed E-state index contributed by atoms with van der Waals surface area (Å²) >= 11 is 3.53. The molecule has 104 valence electrons. The molecule has 19 heavy (non-hydrogen) atoms. The second-order valence-electron chi connectivity index (χ2n) is 4.59. The van der Waals surface area contributed by atoms with Crippen molar-refractivity contribution in [1.29, 1.82) is 0 Å². The Morgan fingerprint density at radius 3 is 3.11 bits per heavy atom. The van der Waals surface area contributed by atoms with Crippen LogP contribution in [0.25, 0.3) is 0 Å². The molecule has 1 heterocycles. The van der Waals surface area contributed by atoms with Gasteiger partial charge in [-0.1, -0.05) is 6.92 Å². The van der Waals surface area contributed by atoms with Gasteiger partial charge in [-0.2, -0.15) is 0 Å². The van der Waals surface area contributed by atoms with E-state index in [0.717, 1.165) is 41.4 Å². The lowest BCUT2D eigenvalue weighted by Gasteiger charge is -2.13. The zero-order valence-corrected chi connectivity index (χ0v) is 12.8. The Balaban J connectivity index is 2.03. The van der Waals surface area contributed by atoms with Gasteiger partial charge in [0.25, 0.3) is 0 Å². The molecule has 1 saturated heterocycles. The first-order valence-electron chi connectivity index (χ1n) is 6.65. The van der Waals surface area contributed by atoms with Crippen molar-refractivity contribution in [3.05, 3.63) is 18.2 Å². The average molecular weight is 296 g/mol. The summed E-state index contributed by atoms with van der Waals surface area (Å²) in [6.45, 7) is 2.16. The van der Waals surface area contributed by atoms with Gasteiger partial charge in [-0.15, -0.1) is 23.5 Å². The minimum Gasteiger partial charge on any atom is -0.397 e. The second-order valence-corrected chi connectivity index (χ2v) is 7.07. The monoisotopic (exact) mass is 296 g/mol. The van der Waals surface area contributed by atoms with Crippen LogP contribution in [0.1, 0.15) is 26.2 Å². The van der Waals surface area contributed by atoms with Crippen LogP contribution in [0.4, 0.5) is 11.4 Å². The van der Waals surface area contributed by atoms with Crippen molar-refractivity contribution in [2.24, 2.45) is 0 Å². The zero-order valence-electron chi connectivity index (χ0n) is 11.1. The summed E-state index contributed by atoms with van der Waals surface area (Å²) < 4.78 is 0. The fourth-order valence-electron chi connectivity index (χ4n) is 1.95. The van der Waals surface area contributed by atoms with E-state index in [2.05, 4.69) is 12.2 Å². The molecule has 0 spiro atoms. The van der Waals surface area contributed by atoms with Gasteiger partial charge >= 0.3 is 0 Å². The van der Waals surface area contributed by atoms with E-state index < -0.39 is 0 Å². The topological polar surface area (TPSA) is 55.1 Å². The maximum absolute atomic E-state index is 12.1. The number of carbonyl (C=O) groups is 1. The molecule has 5 heteroatoms. The van der Waals surface area contributed by atoms with Crippen molar-refractivity contribution >= 4 is 40.8 Å². The Morgan fingerprint density at radius 2 is 2.42 bits per heavy atom. The SMILES string of the molecule is CCCSc1ccc(N)c(NC(=O)C2CCCS2)c1. The molecule has 0 bridgehead atoms. The van der Waals surface area contributed by atoms with Gasteiger partial charge in [0.05, 0.1) is 16.6 Å². The Morgan fingerprint density at radius 1 is 1.58 bits per heavy atom. The number of nitrogen functional groups attached to an aromatic ring is 1. The molecule has 3 nitrogen and oxygen atoms in total. The fourth-order valence-corrected chi connectivity index (χ4v) is 3.92. The molecule has 0 aliphatic carbocycles. The Bertz CT molecular complexity index is 445. The van der Waals surface area contributed by atoms with Gasteiger partial charge in [-0.05, 0) is 49.0 Å². The number of amides is 1. The predicted molar refractivity (Wildman–Crippen MR) is 86.0 cm³/mol. The second kappa shape index (κ2) is 7.10. The maximum atomic E-state index is 12.1. The molecular weight excluding hydrogens is 276 g/mol. The Hall–Kier alpha value is -0.810. The minimum absolute atomic E-state index is 0.0892. The van der Waals surface area contributed by atoms with E-state index in [9.17, 15) is 4.79 Å². The van der Waals surface area contributed by atoms with E-state index in [-0.39, 0.29) is 11.2 Å². The molecule has 1 aliphatic heterocycles. The molecule has 1 fully saturated rings. The van der Waals surface area contributed by atoms with E-state index >= 15 is 0 Å². The number of nitrogens with one attached hydrogen (secondary N) is 1. The van der Waals surface area contributed by atoms with E-state index in [0.29, 0.717) is 5.69 Å². The number of thioether (sulfide) groups is 2. The van der Waals surface area contributed by atoms with Crippen LogP contribution in [0.5, 0.6) is 0 Å². The molecule has 3 N–H and O–H groups in total. The van der Waals surface area contributed by atoms with E-state index in [4.69, 9.17) is 5.73 Å². The van der Waals surface area contributed by atoms with Crippen LogP contribution >= 0.6 is 23.5 Å². The number of carbonyl (C=O) groups excluding carboxylic acids is 1. The van der Waals surface area contributed by atoms with E-state index in [1.807, 2.05) is 18.2 Å². The molecule has 1 aromatic carbocycles. The molecule has 0 saturated carbocycles. The molecule has 1 amide bonds. The third-order valence-corrected chi connectivity index (χ3v) is 5.55. The number of nitrogens with two attached hydrogens (primary N) is 1. The largest absolute Gasteiger partial charge is 0.397 e. The summed E-state index contributed by atoms with van der Waals surface area (Å²) in [6, 6.07) is 5.86. The zero-order chi connectivity index (χ0) is 13.7. The molecule has 1 atom stereocenters. The summed E-state index contributed by atoms with van der Waals surface area (Å²) in [5.74, 6) is 2.25. The predicted octanol–water partition coefficient (Wildman–Crippen LogP) is 3.61. The highest BCUT2D eigenvalue weighted by molar-refractivity contribution is 8.00. The van der Waals surface area contributed by atoms with E-state index in [1.165, 1.54) is 0 Å². The van der Waals surface area contributed by atoms with Gasteiger partial charge in [-0.25, -0.2) is 0 Å². The highest BCUT2D eigenvalue weighted by Gasteiger charge is 2.23.